The van der Waals surface area contributed by atoms with E-state index in [-0.39, 0.29) is 17.3 Å². The molecular formula is C16H23N5O. The molecule has 0 atom stereocenters. The van der Waals surface area contributed by atoms with Crippen molar-refractivity contribution in [2.24, 2.45) is 22.2 Å². The summed E-state index contributed by atoms with van der Waals surface area (Å²) < 4.78 is 0. The molecule has 1 aliphatic heterocycles. The molecule has 6 heteroatoms. The topological polar surface area (TPSA) is 114 Å². The van der Waals surface area contributed by atoms with Crippen molar-refractivity contribution in [3.05, 3.63) is 53.0 Å². The first-order chi connectivity index (χ1) is 10.6. The average Bonchev–Trinajstić information content (AvgIpc) is 3.09. The number of amidine groups is 1. The van der Waals surface area contributed by atoms with Gasteiger partial charge < -0.3 is 27.2 Å². The zero-order valence-electron chi connectivity index (χ0n) is 12.8. The Bertz CT molecular complexity index is 613. The fourth-order valence-electron chi connectivity index (χ4n) is 2.49. The van der Waals surface area contributed by atoms with Gasteiger partial charge in [-0.15, -0.1) is 0 Å². The smallest absolute Gasteiger partial charge is 0.153 e. The van der Waals surface area contributed by atoms with Gasteiger partial charge in [0.05, 0.1) is 5.70 Å². The first-order valence-electron chi connectivity index (χ1n) is 7.28. The summed E-state index contributed by atoms with van der Waals surface area (Å²) in [6, 6.07) is 9.20. The largest absolute Gasteiger partial charge is 0.505 e. The van der Waals surface area contributed by atoms with E-state index < -0.39 is 0 Å². The van der Waals surface area contributed by atoms with E-state index in [0.29, 0.717) is 17.0 Å². The van der Waals surface area contributed by atoms with Crippen LogP contribution in [0.2, 0.25) is 0 Å². The van der Waals surface area contributed by atoms with Crippen molar-refractivity contribution < 1.29 is 5.11 Å². The van der Waals surface area contributed by atoms with Crippen molar-refractivity contribution in [3.63, 3.8) is 0 Å². The summed E-state index contributed by atoms with van der Waals surface area (Å²) in [7, 11) is 1.55. The monoisotopic (exact) mass is 301 g/mol. The van der Waals surface area contributed by atoms with E-state index in [0.717, 1.165) is 25.9 Å². The van der Waals surface area contributed by atoms with Crippen LogP contribution in [0.1, 0.15) is 18.4 Å². The molecule has 0 bridgehead atoms. The third-order valence-electron chi connectivity index (χ3n) is 3.78. The van der Waals surface area contributed by atoms with Crippen LogP contribution < -0.4 is 17.2 Å². The average molecular weight is 301 g/mol. The molecule has 1 aromatic rings. The minimum atomic E-state index is -0.140. The van der Waals surface area contributed by atoms with Crippen LogP contribution in [0.25, 0.3) is 5.70 Å². The molecule has 0 unspecified atom stereocenters. The lowest BCUT2D eigenvalue weighted by Crippen LogP contribution is -2.31. The summed E-state index contributed by atoms with van der Waals surface area (Å²) in [6.07, 6.45) is 2.13. The summed E-state index contributed by atoms with van der Waals surface area (Å²) in [4.78, 5) is 5.95. The number of likely N-dealkylation sites (tertiary alicyclic amines) is 1. The van der Waals surface area contributed by atoms with E-state index in [2.05, 4.69) is 4.99 Å². The van der Waals surface area contributed by atoms with E-state index in [1.807, 2.05) is 35.2 Å². The van der Waals surface area contributed by atoms with E-state index in [1.54, 1.807) is 7.05 Å². The van der Waals surface area contributed by atoms with Crippen LogP contribution in [0.5, 0.6) is 0 Å². The number of hydrogen-bond donors (Lipinski definition) is 4. The molecule has 0 aliphatic carbocycles. The van der Waals surface area contributed by atoms with Crippen molar-refractivity contribution in [3.8, 4) is 0 Å². The van der Waals surface area contributed by atoms with E-state index in [1.165, 1.54) is 0 Å². The first kappa shape index (κ1) is 15.8. The number of hydrogen-bond acceptors (Lipinski definition) is 5. The molecule has 0 spiro atoms. The van der Waals surface area contributed by atoms with Gasteiger partial charge in [0.15, 0.2) is 5.76 Å². The SMILES string of the molecule is CN=C(N)C(=C(N)N1CCCC1)/C(O)=C(\N)c1ccccc1. The fourth-order valence-corrected chi connectivity index (χ4v) is 2.49. The maximum Gasteiger partial charge on any atom is 0.153 e. The van der Waals surface area contributed by atoms with Gasteiger partial charge in [0.25, 0.3) is 0 Å². The van der Waals surface area contributed by atoms with Gasteiger partial charge in [-0.3, -0.25) is 4.99 Å². The Hall–Kier alpha value is -2.63. The van der Waals surface area contributed by atoms with Crippen molar-refractivity contribution in [1.82, 2.24) is 4.90 Å². The highest BCUT2D eigenvalue weighted by Crippen LogP contribution is 2.22. The lowest BCUT2D eigenvalue weighted by Gasteiger charge is -2.22. The quantitative estimate of drug-likeness (QED) is 0.288. The fraction of sp³-hybridized carbons (Fsp3) is 0.312. The van der Waals surface area contributed by atoms with Crippen molar-refractivity contribution in [1.29, 1.82) is 0 Å². The van der Waals surface area contributed by atoms with Crippen LogP contribution in [0.15, 0.2) is 52.5 Å². The summed E-state index contributed by atoms with van der Waals surface area (Å²) in [5, 5.41) is 10.6. The van der Waals surface area contributed by atoms with Gasteiger partial charge in [-0.2, -0.15) is 0 Å². The molecule has 1 heterocycles. The summed E-state index contributed by atoms with van der Waals surface area (Å²) in [6.45, 7) is 1.68. The Morgan fingerprint density at radius 1 is 1.09 bits per heavy atom. The molecule has 1 aromatic carbocycles. The molecule has 1 saturated heterocycles. The summed E-state index contributed by atoms with van der Waals surface area (Å²) >= 11 is 0. The Morgan fingerprint density at radius 2 is 1.68 bits per heavy atom. The molecule has 0 aromatic heterocycles. The molecule has 0 radical (unpaired) electrons. The molecule has 2 rings (SSSR count). The van der Waals surface area contributed by atoms with Gasteiger partial charge in [0.2, 0.25) is 0 Å². The zero-order chi connectivity index (χ0) is 16.1. The number of nitrogens with two attached hydrogens (primary N) is 3. The third-order valence-corrected chi connectivity index (χ3v) is 3.78. The van der Waals surface area contributed by atoms with Crippen molar-refractivity contribution in [2.45, 2.75) is 12.8 Å². The highest BCUT2D eigenvalue weighted by Gasteiger charge is 2.22. The molecule has 22 heavy (non-hydrogen) atoms. The van der Waals surface area contributed by atoms with Gasteiger partial charge in [-0.25, -0.2) is 0 Å². The lowest BCUT2D eigenvalue weighted by atomic mass is 10.1. The standard InChI is InChI=1S/C16H23N5O/c1-20-15(18)12(16(19)21-9-5-6-10-21)14(22)13(17)11-7-3-2-4-8-11/h2-4,7-8,22H,5-6,9-10,17,19H2,1H3,(H2,18,20)/b14-13+,16-12?. The number of aliphatic hydroxyl groups excluding tert-OH is 1. The van der Waals surface area contributed by atoms with Crippen molar-refractivity contribution in [2.75, 3.05) is 20.1 Å². The number of aliphatic hydroxyl groups is 1. The summed E-state index contributed by atoms with van der Waals surface area (Å²) in [5.74, 6) is 0.441. The maximum absolute atomic E-state index is 10.6. The van der Waals surface area contributed by atoms with Gasteiger partial charge >= 0.3 is 0 Å². The van der Waals surface area contributed by atoms with Crippen LogP contribution in [0.4, 0.5) is 0 Å². The third kappa shape index (κ3) is 3.16. The number of rotatable bonds is 4. The van der Waals surface area contributed by atoms with Crippen LogP contribution in [0.3, 0.4) is 0 Å². The van der Waals surface area contributed by atoms with E-state index in [9.17, 15) is 5.11 Å². The maximum atomic E-state index is 10.6. The van der Waals surface area contributed by atoms with Crippen molar-refractivity contribution >= 4 is 11.5 Å². The second kappa shape index (κ2) is 6.89. The molecule has 0 saturated carbocycles. The van der Waals surface area contributed by atoms with Gasteiger partial charge in [0.1, 0.15) is 17.2 Å². The van der Waals surface area contributed by atoms with Crippen LogP contribution in [0, 0.1) is 0 Å². The zero-order valence-corrected chi connectivity index (χ0v) is 12.8. The van der Waals surface area contributed by atoms with Crippen LogP contribution in [-0.2, 0) is 0 Å². The highest BCUT2D eigenvalue weighted by molar-refractivity contribution is 6.02. The number of nitrogens with zero attached hydrogens (tertiary/aromatic N) is 2. The minimum Gasteiger partial charge on any atom is -0.505 e. The predicted molar refractivity (Wildman–Crippen MR) is 89.7 cm³/mol. The van der Waals surface area contributed by atoms with Crippen LogP contribution >= 0.6 is 0 Å². The highest BCUT2D eigenvalue weighted by atomic mass is 16.3. The van der Waals surface area contributed by atoms with E-state index >= 15 is 0 Å². The molecule has 1 fully saturated rings. The van der Waals surface area contributed by atoms with E-state index in [4.69, 9.17) is 17.2 Å². The normalized spacial score (nSPS) is 18.0. The molecular weight excluding hydrogens is 278 g/mol. The second-order valence-electron chi connectivity index (χ2n) is 5.19. The second-order valence-corrected chi connectivity index (χ2v) is 5.19. The Balaban J connectivity index is 2.52. The summed E-state index contributed by atoms with van der Waals surface area (Å²) in [5.41, 5.74) is 19.5. The van der Waals surface area contributed by atoms with Crippen LogP contribution in [-0.4, -0.2) is 36.0 Å². The number of aliphatic imine (C=N–C) groups is 1. The Kier molecular flexibility index (Phi) is 4.93. The molecule has 1 aliphatic rings. The van der Waals surface area contributed by atoms with Gasteiger partial charge in [-0.05, 0) is 12.8 Å². The Labute approximate surface area is 130 Å². The number of benzene rings is 1. The Morgan fingerprint density at radius 3 is 2.23 bits per heavy atom. The molecule has 7 N–H and O–H groups in total. The van der Waals surface area contributed by atoms with Gasteiger partial charge in [-0.1, -0.05) is 30.3 Å². The van der Waals surface area contributed by atoms with Gasteiger partial charge in [0, 0.05) is 25.7 Å². The molecule has 0 amide bonds. The predicted octanol–water partition coefficient (Wildman–Crippen LogP) is 1.13. The minimum absolute atomic E-state index is 0.140. The lowest BCUT2D eigenvalue weighted by molar-refractivity contribution is 0.397. The molecule has 118 valence electrons. The molecule has 6 nitrogen and oxygen atoms in total. The first-order valence-corrected chi connectivity index (χ1v) is 7.28.